The number of benzene rings is 1. The summed E-state index contributed by atoms with van der Waals surface area (Å²) >= 11 is 1.67. The molecule has 2 aromatic rings. The van der Waals surface area contributed by atoms with E-state index in [2.05, 4.69) is 27.1 Å². The van der Waals surface area contributed by atoms with Gasteiger partial charge in [0.2, 0.25) is 0 Å². The SMILES string of the molecule is CN=C(NCCc1ccc(S(C)(=O)=O)cc1)NCc1ccsc1. The maximum Gasteiger partial charge on any atom is 0.191 e. The third-order valence-corrected chi connectivity index (χ3v) is 5.18. The Kier molecular flexibility index (Phi) is 6.18. The van der Waals surface area contributed by atoms with Gasteiger partial charge in [-0.2, -0.15) is 11.3 Å². The van der Waals surface area contributed by atoms with Crippen LogP contribution in [-0.2, 0) is 22.8 Å². The standard InChI is InChI=1S/C16H21N3O2S2/c1-17-16(19-11-14-8-10-22-12-14)18-9-7-13-3-5-15(6-4-13)23(2,20)21/h3-6,8,10,12H,7,9,11H2,1-2H3,(H2,17,18,19). The Balaban J connectivity index is 1.79. The topological polar surface area (TPSA) is 70.6 Å². The smallest absolute Gasteiger partial charge is 0.191 e. The molecule has 0 saturated carbocycles. The summed E-state index contributed by atoms with van der Waals surface area (Å²) in [6.45, 7) is 1.47. The van der Waals surface area contributed by atoms with Crippen LogP contribution in [0.5, 0.6) is 0 Å². The van der Waals surface area contributed by atoms with E-state index in [9.17, 15) is 8.42 Å². The van der Waals surface area contributed by atoms with Crippen LogP contribution in [0.2, 0.25) is 0 Å². The molecule has 0 fully saturated rings. The number of guanidine groups is 1. The van der Waals surface area contributed by atoms with Crippen molar-refractivity contribution in [3.8, 4) is 0 Å². The third-order valence-electron chi connectivity index (χ3n) is 3.32. The first-order valence-corrected chi connectivity index (χ1v) is 10.1. The minimum Gasteiger partial charge on any atom is -0.356 e. The van der Waals surface area contributed by atoms with Crippen LogP contribution in [0.4, 0.5) is 0 Å². The molecule has 124 valence electrons. The molecular weight excluding hydrogens is 330 g/mol. The summed E-state index contributed by atoms with van der Waals surface area (Å²) in [5.41, 5.74) is 2.31. The summed E-state index contributed by atoms with van der Waals surface area (Å²) in [6.07, 6.45) is 2.01. The maximum atomic E-state index is 11.4. The number of sulfone groups is 1. The second kappa shape index (κ2) is 8.12. The van der Waals surface area contributed by atoms with Crippen LogP contribution in [0.25, 0.3) is 0 Å². The lowest BCUT2D eigenvalue weighted by molar-refractivity contribution is 0.602. The van der Waals surface area contributed by atoms with E-state index in [-0.39, 0.29) is 0 Å². The Morgan fingerprint density at radius 1 is 1.13 bits per heavy atom. The summed E-state index contributed by atoms with van der Waals surface area (Å²) < 4.78 is 22.8. The van der Waals surface area contributed by atoms with Gasteiger partial charge in [-0.05, 0) is 46.5 Å². The predicted octanol–water partition coefficient (Wildman–Crippen LogP) is 2.06. The molecule has 2 N–H and O–H groups in total. The van der Waals surface area contributed by atoms with Crippen molar-refractivity contribution in [2.45, 2.75) is 17.9 Å². The summed E-state index contributed by atoms with van der Waals surface area (Å²) in [7, 11) is -1.39. The van der Waals surface area contributed by atoms with E-state index < -0.39 is 9.84 Å². The number of nitrogens with one attached hydrogen (secondary N) is 2. The van der Waals surface area contributed by atoms with Gasteiger partial charge >= 0.3 is 0 Å². The van der Waals surface area contributed by atoms with E-state index in [1.807, 2.05) is 17.5 Å². The maximum absolute atomic E-state index is 11.4. The van der Waals surface area contributed by atoms with Crippen LogP contribution in [0.3, 0.4) is 0 Å². The van der Waals surface area contributed by atoms with Gasteiger partial charge in [-0.15, -0.1) is 0 Å². The molecule has 0 saturated heterocycles. The van der Waals surface area contributed by atoms with Gasteiger partial charge in [-0.25, -0.2) is 8.42 Å². The van der Waals surface area contributed by atoms with E-state index in [4.69, 9.17) is 0 Å². The first kappa shape index (κ1) is 17.5. The van der Waals surface area contributed by atoms with E-state index in [1.54, 1.807) is 30.5 Å². The number of rotatable bonds is 6. The molecule has 1 aromatic heterocycles. The minimum atomic E-state index is -3.13. The molecule has 0 aliphatic rings. The number of hydrogen-bond acceptors (Lipinski definition) is 4. The van der Waals surface area contributed by atoms with Crippen molar-refractivity contribution in [2.24, 2.45) is 4.99 Å². The molecule has 0 aliphatic heterocycles. The zero-order valence-electron chi connectivity index (χ0n) is 13.2. The van der Waals surface area contributed by atoms with Crippen molar-refractivity contribution in [3.05, 3.63) is 52.2 Å². The molecule has 1 heterocycles. The molecule has 23 heavy (non-hydrogen) atoms. The molecule has 0 aliphatic carbocycles. The summed E-state index contributed by atoms with van der Waals surface area (Å²) in [5, 5.41) is 10.7. The highest BCUT2D eigenvalue weighted by atomic mass is 32.2. The lowest BCUT2D eigenvalue weighted by Crippen LogP contribution is -2.37. The average Bonchev–Trinajstić information content (AvgIpc) is 3.03. The van der Waals surface area contributed by atoms with Crippen LogP contribution in [0.1, 0.15) is 11.1 Å². The first-order chi connectivity index (χ1) is 11.0. The molecular formula is C16H21N3O2S2. The quantitative estimate of drug-likeness (QED) is 0.617. The van der Waals surface area contributed by atoms with Crippen molar-refractivity contribution in [1.82, 2.24) is 10.6 Å². The lowest BCUT2D eigenvalue weighted by atomic mass is 10.1. The molecule has 0 spiro atoms. The lowest BCUT2D eigenvalue weighted by Gasteiger charge is -2.11. The van der Waals surface area contributed by atoms with Gasteiger partial charge in [0.1, 0.15) is 0 Å². The monoisotopic (exact) mass is 351 g/mol. The number of aliphatic imine (C=N–C) groups is 1. The highest BCUT2D eigenvalue weighted by molar-refractivity contribution is 7.90. The van der Waals surface area contributed by atoms with Crippen molar-refractivity contribution in [1.29, 1.82) is 0 Å². The van der Waals surface area contributed by atoms with Gasteiger partial charge < -0.3 is 10.6 Å². The fraction of sp³-hybridized carbons (Fsp3) is 0.312. The Hall–Kier alpha value is -1.86. The van der Waals surface area contributed by atoms with Gasteiger partial charge in [0, 0.05) is 26.4 Å². The van der Waals surface area contributed by atoms with Gasteiger partial charge in [0.15, 0.2) is 15.8 Å². The number of nitrogens with zero attached hydrogens (tertiary/aromatic N) is 1. The van der Waals surface area contributed by atoms with Crippen LogP contribution < -0.4 is 10.6 Å². The zero-order chi connectivity index (χ0) is 16.7. The molecule has 0 unspecified atom stereocenters. The summed E-state index contributed by atoms with van der Waals surface area (Å²) in [4.78, 5) is 4.53. The molecule has 2 rings (SSSR count). The predicted molar refractivity (Wildman–Crippen MR) is 95.8 cm³/mol. The van der Waals surface area contributed by atoms with Crippen LogP contribution in [-0.4, -0.2) is 34.2 Å². The van der Waals surface area contributed by atoms with E-state index >= 15 is 0 Å². The highest BCUT2D eigenvalue weighted by Gasteiger charge is 2.06. The third kappa shape index (κ3) is 5.69. The molecule has 0 radical (unpaired) electrons. The molecule has 1 aromatic carbocycles. The van der Waals surface area contributed by atoms with Crippen molar-refractivity contribution < 1.29 is 8.42 Å². The Labute approximate surface area is 141 Å². The second-order valence-electron chi connectivity index (χ2n) is 5.15. The summed E-state index contributed by atoms with van der Waals surface area (Å²) in [6, 6.07) is 9.07. The van der Waals surface area contributed by atoms with Crippen molar-refractivity contribution in [2.75, 3.05) is 19.8 Å². The van der Waals surface area contributed by atoms with E-state index in [1.165, 1.54) is 11.8 Å². The first-order valence-electron chi connectivity index (χ1n) is 7.23. The Morgan fingerprint density at radius 3 is 2.43 bits per heavy atom. The van der Waals surface area contributed by atoms with Gasteiger partial charge in [-0.3, -0.25) is 4.99 Å². The van der Waals surface area contributed by atoms with Crippen LogP contribution in [0, 0.1) is 0 Å². The van der Waals surface area contributed by atoms with Gasteiger partial charge in [-0.1, -0.05) is 12.1 Å². The number of thiophene rings is 1. The van der Waals surface area contributed by atoms with E-state index in [0.717, 1.165) is 31.0 Å². The Bertz CT molecular complexity index is 736. The molecule has 7 heteroatoms. The zero-order valence-corrected chi connectivity index (χ0v) is 14.9. The molecule has 0 amide bonds. The van der Waals surface area contributed by atoms with E-state index in [0.29, 0.717) is 4.90 Å². The minimum absolute atomic E-state index is 0.349. The average molecular weight is 351 g/mol. The van der Waals surface area contributed by atoms with Crippen LogP contribution in [0.15, 0.2) is 51.0 Å². The summed E-state index contributed by atoms with van der Waals surface area (Å²) in [5.74, 6) is 0.754. The fourth-order valence-corrected chi connectivity index (χ4v) is 3.33. The number of hydrogen-bond donors (Lipinski definition) is 2. The molecule has 0 atom stereocenters. The normalized spacial score (nSPS) is 12.2. The highest BCUT2D eigenvalue weighted by Crippen LogP contribution is 2.10. The Morgan fingerprint density at radius 2 is 1.87 bits per heavy atom. The van der Waals surface area contributed by atoms with Crippen molar-refractivity contribution in [3.63, 3.8) is 0 Å². The van der Waals surface area contributed by atoms with Crippen LogP contribution >= 0.6 is 11.3 Å². The second-order valence-corrected chi connectivity index (χ2v) is 7.95. The van der Waals surface area contributed by atoms with Gasteiger partial charge in [0.05, 0.1) is 4.90 Å². The largest absolute Gasteiger partial charge is 0.356 e. The van der Waals surface area contributed by atoms with Crippen molar-refractivity contribution >= 4 is 27.1 Å². The fourth-order valence-electron chi connectivity index (χ4n) is 2.03. The molecule has 5 nitrogen and oxygen atoms in total. The molecule has 0 bridgehead atoms. The van der Waals surface area contributed by atoms with Gasteiger partial charge in [0.25, 0.3) is 0 Å².